The molecule has 1 fully saturated rings. The van der Waals surface area contributed by atoms with Crippen molar-refractivity contribution in [2.75, 3.05) is 13.1 Å². The molecule has 0 radical (unpaired) electrons. The first-order valence-electron chi connectivity index (χ1n) is 10.2. The Morgan fingerprint density at radius 2 is 1.88 bits per heavy atom. The van der Waals surface area contributed by atoms with Gasteiger partial charge in [0.1, 0.15) is 0 Å². The van der Waals surface area contributed by atoms with Crippen LogP contribution in [0.15, 0.2) is 42.5 Å². The van der Waals surface area contributed by atoms with E-state index >= 15 is 0 Å². The number of hydrogen-bond donors (Lipinski definition) is 0. The number of aromatic nitrogens is 2. The Labute approximate surface area is 181 Å². The van der Waals surface area contributed by atoms with Crippen LogP contribution in [0.5, 0.6) is 0 Å². The highest BCUT2D eigenvalue weighted by atomic mass is 19.4. The number of carbonyl (C=O) groups is 1. The van der Waals surface area contributed by atoms with Gasteiger partial charge in [-0.05, 0) is 43.9 Å². The van der Waals surface area contributed by atoms with Crippen molar-refractivity contribution < 1.29 is 22.9 Å². The number of fused-ring (bicyclic) bond motifs is 1. The van der Waals surface area contributed by atoms with Crippen LogP contribution in [0.1, 0.15) is 34.6 Å². The summed E-state index contributed by atoms with van der Waals surface area (Å²) in [6, 6.07) is 10.9. The number of benzene rings is 2. The van der Waals surface area contributed by atoms with Gasteiger partial charge in [0, 0.05) is 36.8 Å². The minimum absolute atomic E-state index is 0.0508. The second kappa shape index (κ2) is 8.25. The molecule has 2 aromatic carbocycles. The fourth-order valence-electron chi connectivity index (χ4n) is 4.18. The molecule has 10 heteroatoms. The van der Waals surface area contributed by atoms with Gasteiger partial charge in [-0.25, -0.2) is 4.98 Å². The predicted octanol–water partition coefficient (Wildman–Crippen LogP) is 4.82. The van der Waals surface area contributed by atoms with Crippen LogP contribution in [0, 0.1) is 23.0 Å². The first-order valence-corrected chi connectivity index (χ1v) is 10.2. The number of hydrogen-bond acceptors (Lipinski definition) is 4. The van der Waals surface area contributed by atoms with Gasteiger partial charge in [0.2, 0.25) is 5.82 Å². The molecule has 0 spiro atoms. The van der Waals surface area contributed by atoms with Crippen LogP contribution >= 0.6 is 0 Å². The molecule has 0 saturated carbocycles. The fraction of sp³-hybridized carbons (Fsp3) is 0.364. The second-order valence-electron chi connectivity index (χ2n) is 8.03. The molecule has 0 unspecified atom stereocenters. The van der Waals surface area contributed by atoms with Gasteiger partial charge in [0.05, 0.1) is 16.0 Å². The number of alkyl halides is 3. The van der Waals surface area contributed by atoms with Crippen molar-refractivity contribution >= 4 is 22.6 Å². The maximum Gasteiger partial charge on any atom is 0.449 e. The zero-order chi connectivity index (χ0) is 23.0. The van der Waals surface area contributed by atoms with Crippen molar-refractivity contribution in [3.05, 3.63) is 69.5 Å². The predicted molar refractivity (Wildman–Crippen MR) is 111 cm³/mol. The highest BCUT2D eigenvalue weighted by Gasteiger charge is 2.38. The molecule has 0 atom stereocenters. The lowest BCUT2D eigenvalue weighted by Gasteiger charge is -2.32. The normalized spacial score (nSPS) is 15.3. The van der Waals surface area contributed by atoms with Crippen LogP contribution in [-0.4, -0.2) is 38.4 Å². The maximum absolute atomic E-state index is 13.5. The fourth-order valence-corrected chi connectivity index (χ4v) is 4.18. The van der Waals surface area contributed by atoms with Gasteiger partial charge >= 0.3 is 6.18 Å². The highest BCUT2D eigenvalue weighted by Crippen LogP contribution is 2.33. The van der Waals surface area contributed by atoms with Crippen LogP contribution in [0.3, 0.4) is 0 Å². The van der Waals surface area contributed by atoms with Crippen LogP contribution in [0.4, 0.5) is 18.9 Å². The number of imidazole rings is 1. The summed E-state index contributed by atoms with van der Waals surface area (Å²) in [6.45, 7) is 2.51. The lowest BCUT2D eigenvalue weighted by atomic mass is 9.95. The molecule has 4 rings (SSSR count). The molecular weight excluding hydrogens is 425 g/mol. The molecule has 3 aromatic rings. The molecular formula is C22H21F3N4O3. The summed E-state index contributed by atoms with van der Waals surface area (Å²) < 4.78 is 41.8. The number of nitrogens with zero attached hydrogens (tertiary/aromatic N) is 4. The van der Waals surface area contributed by atoms with Gasteiger partial charge in [0.25, 0.3) is 11.6 Å². The SMILES string of the molecule is Cc1ccc(C(=O)N2CCC(Cn3c(C(F)(F)F)nc4ccccc43)CC2)cc1[N+](=O)[O-]. The second-order valence-corrected chi connectivity index (χ2v) is 8.03. The smallest absolute Gasteiger partial charge is 0.339 e. The third-order valence-corrected chi connectivity index (χ3v) is 5.90. The van der Waals surface area contributed by atoms with E-state index in [1.165, 1.54) is 10.6 Å². The van der Waals surface area contributed by atoms with E-state index in [2.05, 4.69) is 4.98 Å². The van der Waals surface area contributed by atoms with Gasteiger partial charge in [-0.3, -0.25) is 14.9 Å². The highest BCUT2D eigenvalue weighted by molar-refractivity contribution is 5.95. The largest absolute Gasteiger partial charge is 0.449 e. The van der Waals surface area contributed by atoms with Crippen molar-refractivity contribution in [1.82, 2.24) is 14.5 Å². The number of para-hydroxylation sites is 2. The Balaban J connectivity index is 1.48. The summed E-state index contributed by atoms with van der Waals surface area (Å²) in [5, 5.41) is 11.2. The molecule has 0 N–H and O–H groups in total. The molecule has 1 saturated heterocycles. The molecule has 0 aliphatic carbocycles. The lowest BCUT2D eigenvalue weighted by Crippen LogP contribution is -2.39. The van der Waals surface area contributed by atoms with Gasteiger partial charge in [-0.2, -0.15) is 13.2 Å². The standard InChI is InChI=1S/C22H21F3N4O3/c1-14-6-7-16(12-19(14)29(31)32)20(30)27-10-8-15(9-11-27)13-28-18-5-3-2-4-17(18)26-21(28)22(23,24)25/h2-7,12,15H,8-11,13H2,1H3. The van der Waals surface area contributed by atoms with E-state index < -0.39 is 16.9 Å². The lowest BCUT2D eigenvalue weighted by molar-refractivity contribution is -0.385. The monoisotopic (exact) mass is 446 g/mol. The van der Waals surface area contributed by atoms with Crippen molar-refractivity contribution in [2.24, 2.45) is 5.92 Å². The zero-order valence-electron chi connectivity index (χ0n) is 17.3. The van der Waals surface area contributed by atoms with E-state index in [0.717, 1.165) is 0 Å². The molecule has 1 aliphatic heterocycles. The number of carbonyl (C=O) groups excluding carboxylic acids is 1. The van der Waals surface area contributed by atoms with E-state index in [1.54, 1.807) is 48.2 Å². The minimum atomic E-state index is -4.56. The van der Waals surface area contributed by atoms with Gasteiger partial charge in [-0.1, -0.05) is 18.2 Å². The average molecular weight is 446 g/mol. The Morgan fingerprint density at radius 3 is 2.53 bits per heavy atom. The molecule has 1 aliphatic rings. The zero-order valence-corrected chi connectivity index (χ0v) is 17.3. The number of nitro groups is 1. The van der Waals surface area contributed by atoms with Crippen LogP contribution in [0.2, 0.25) is 0 Å². The number of piperidine rings is 1. The van der Waals surface area contributed by atoms with Gasteiger partial charge < -0.3 is 9.47 Å². The topological polar surface area (TPSA) is 81.3 Å². The van der Waals surface area contributed by atoms with E-state index in [1.807, 2.05) is 0 Å². The Hall–Kier alpha value is -3.43. The van der Waals surface area contributed by atoms with E-state index in [9.17, 15) is 28.1 Å². The summed E-state index contributed by atoms with van der Waals surface area (Å²) in [5.41, 5.74) is 1.33. The number of aryl methyl sites for hydroxylation is 1. The van der Waals surface area contributed by atoms with Crippen molar-refractivity contribution in [3.8, 4) is 0 Å². The molecule has 0 bridgehead atoms. The maximum atomic E-state index is 13.5. The average Bonchev–Trinajstić information content (AvgIpc) is 3.13. The number of likely N-dealkylation sites (tertiary alicyclic amines) is 1. The molecule has 1 amide bonds. The summed E-state index contributed by atoms with van der Waals surface area (Å²) in [7, 11) is 0. The van der Waals surface area contributed by atoms with Crippen molar-refractivity contribution in [2.45, 2.75) is 32.5 Å². The molecule has 168 valence electrons. The van der Waals surface area contributed by atoms with Gasteiger partial charge in [-0.15, -0.1) is 0 Å². The van der Waals surface area contributed by atoms with Crippen molar-refractivity contribution in [1.29, 1.82) is 0 Å². The Bertz CT molecular complexity index is 1180. The first-order chi connectivity index (χ1) is 15.1. The Kier molecular flexibility index (Phi) is 5.62. The summed E-state index contributed by atoms with van der Waals surface area (Å²) in [4.78, 5) is 28.8. The molecule has 1 aromatic heterocycles. The minimum Gasteiger partial charge on any atom is -0.339 e. The first kappa shape index (κ1) is 21.8. The number of rotatable bonds is 4. The third-order valence-electron chi connectivity index (χ3n) is 5.90. The Morgan fingerprint density at radius 1 is 1.19 bits per heavy atom. The molecule has 2 heterocycles. The van der Waals surface area contributed by atoms with E-state index in [-0.39, 0.29) is 29.6 Å². The number of halogens is 3. The quantitative estimate of drug-likeness (QED) is 0.425. The molecule has 32 heavy (non-hydrogen) atoms. The summed E-state index contributed by atoms with van der Waals surface area (Å²) >= 11 is 0. The van der Waals surface area contributed by atoms with Crippen molar-refractivity contribution in [3.63, 3.8) is 0 Å². The summed E-state index contributed by atoms with van der Waals surface area (Å²) in [6.07, 6.45) is -3.50. The van der Waals surface area contributed by atoms with Gasteiger partial charge in [0.15, 0.2) is 0 Å². The van der Waals surface area contributed by atoms with Crippen LogP contribution < -0.4 is 0 Å². The van der Waals surface area contributed by atoms with Crippen LogP contribution in [-0.2, 0) is 12.7 Å². The number of amides is 1. The number of nitro benzene ring substituents is 1. The van der Waals surface area contributed by atoms with E-state index in [0.29, 0.717) is 42.5 Å². The summed E-state index contributed by atoms with van der Waals surface area (Å²) in [5.74, 6) is -1.27. The third kappa shape index (κ3) is 4.17. The van der Waals surface area contributed by atoms with Crippen LogP contribution in [0.25, 0.3) is 11.0 Å². The van der Waals surface area contributed by atoms with E-state index in [4.69, 9.17) is 0 Å². The molecule has 7 nitrogen and oxygen atoms in total.